The molecule has 0 spiro atoms. The van der Waals surface area contributed by atoms with Crippen LogP contribution in [0, 0.1) is 5.92 Å². The van der Waals surface area contributed by atoms with Crippen LogP contribution in [0.4, 0.5) is 0 Å². The van der Waals surface area contributed by atoms with Crippen LogP contribution < -0.4 is 5.32 Å². The number of benzene rings is 1. The molecule has 1 aliphatic rings. The zero-order chi connectivity index (χ0) is 17.4. The molecule has 134 valence electrons. The lowest BCUT2D eigenvalue weighted by Crippen LogP contribution is -2.36. The zero-order valence-corrected chi connectivity index (χ0v) is 15.7. The number of rotatable bonds is 10. The number of carbonyl (C=O) groups excluding carboxylic acids is 1. The first kappa shape index (κ1) is 19.3. The number of halogens is 1. The lowest BCUT2D eigenvalue weighted by atomic mass is 9.60. The van der Waals surface area contributed by atoms with Gasteiger partial charge in [0.25, 0.3) is 0 Å². The van der Waals surface area contributed by atoms with E-state index in [9.17, 15) is 4.79 Å². The minimum Gasteiger partial charge on any atom is -0.464 e. The predicted octanol–water partition coefficient (Wildman–Crippen LogP) is 4.72. The molecular weight excluding hydrogens is 322 g/mol. The number of ether oxygens (including phenoxy) is 1. The van der Waals surface area contributed by atoms with Gasteiger partial charge in [-0.15, -0.1) is 0 Å². The fourth-order valence-electron chi connectivity index (χ4n) is 3.60. The van der Waals surface area contributed by atoms with E-state index in [1.807, 2.05) is 19.1 Å². The van der Waals surface area contributed by atoms with Gasteiger partial charge in [0.1, 0.15) is 6.61 Å². The quantitative estimate of drug-likeness (QED) is 0.489. The molecule has 4 heteroatoms. The summed E-state index contributed by atoms with van der Waals surface area (Å²) in [5.74, 6) is 0.548. The van der Waals surface area contributed by atoms with E-state index in [1.165, 1.54) is 31.2 Å². The fraction of sp³-hybridized carbons (Fsp3) is 0.650. The number of hydrogen-bond donors (Lipinski definition) is 1. The maximum Gasteiger partial charge on any atom is 0.305 e. The van der Waals surface area contributed by atoms with Gasteiger partial charge >= 0.3 is 5.97 Å². The molecule has 0 radical (unpaired) electrons. The second-order valence-corrected chi connectivity index (χ2v) is 7.50. The number of hydrogen-bond acceptors (Lipinski definition) is 3. The molecule has 0 bridgehead atoms. The van der Waals surface area contributed by atoms with Crippen LogP contribution in [-0.2, 0) is 14.9 Å². The molecule has 1 atom stereocenters. The average Bonchev–Trinajstić information content (AvgIpc) is 2.54. The SMILES string of the molecule is CCC(=O)OCCNCCC(C)CC1(c2ccc(Cl)cc2)CCC1. The van der Waals surface area contributed by atoms with Gasteiger partial charge in [-0.1, -0.05) is 44.0 Å². The smallest absolute Gasteiger partial charge is 0.305 e. The minimum absolute atomic E-state index is 0.125. The summed E-state index contributed by atoms with van der Waals surface area (Å²) in [5.41, 5.74) is 1.81. The van der Waals surface area contributed by atoms with Crippen LogP contribution in [0.3, 0.4) is 0 Å². The standard InChI is InChI=1S/C20H30ClNO2/c1-3-19(23)24-14-13-22-12-9-16(2)15-20(10-4-11-20)17-5-7-18(21)8-6-17/h5-8,16,22H,3-4,9-15H2,1-2H3. The van der Waals surface area contributed by atoms with Crippen molar-refractivity contribution in [3.8, 4) is 0 Å². The van der Waals surface area contributed by atoms with Crippen LogP contribution in [-0.4, -0.2) is 25.7 Å². The van der Waals surface area contributed by atoms with Crippen LogP contribution in [0.1, 0.15) is 57.9 Å². The van der Waals surface area contributed by atoms with E-state index in [2.05, 4.69) is 24.4 Å². The lowest BCUT2D eigenvalue weighted by molar-refractivity contribution is -0.143. The van der Waals surface area contributed by atoms with Crippen molar-refractivity contribution >= 4 is 17.6 Å². The largest absolute Gasteiger partial charge is 0.464 e. The van der Waals surface area contributed by atoms with Gasteiger partial charge < -0.3 is 10.1 Å². The molecule has 2 rings (SSSR count). The Morgan fingerprint density at radius 3 is 2.58 bits per heavy atom. The monoisotopic (exact) mass is 351 g/mol. The van der Waals surface area contributed by atoms with Gasteiger partial charge in [0.05, 0.1) is 0 Å². The summed E-state index contributed by atoms with van der Waals surface area (Å²) in [6, 6.07) is 8.44. The van der Waals surface area contributed by atoms with Crippen molar-refractivity contribution < 1.29 is 9.53 Å². The van der Waals surface area contributed by atoms with E-state index in [0.717, 1.165) is 24.5 Å². The Morgan fingerprint density at radius 2 is 2.00 bits per heavy atom. The van der Waals surface area contributed by atoms with Crippen LogP contribution in [0.5, 0.6) is 0 Å². The average molecular weight is 352 g/mol. The van der Waals surface area contributed by atoms with E-state index in [-0.39, 0.29) is 5.97 Å². The summed E-state index contributed by atoms with van der Waals surface area (Å²) < 4.78 is 5.06. The van der Waals surface area contributed by atoms with Gasteiger partial charge in [0.2, 0.25) is 0 Å². The minimum atomic E-state index is -0.125. The molecule has 0 amide bonds. The maximum atomic E-state index is 11.0. The highest BCUT2D eigenvalue weighted by Crippen LogP contribution is 2.48. The van der Waals surface area contributed by atoms with Gasteiger partial charge in [-0.3, -0.25) is 4.79 Å². The van der Waals surface area contributed by atoms with E-state index in [1.54, 1.807) is 0 Å². The van der Waals surface area contributed by atoms with E-state index >= 15 is 0 Å². The van der Waals surface area contributed by atoms with Crippen LogP contribution >= 0.6 is 11.6 Å². The first-order valence-corrected chi connectivity index (χ1v) is 9.56. The molecule has 1 saturated carbocycles. The molecule has 1 aromatic rings. The second kappa shape index (κ2) is 9.43. The maximum absolute atomic E-state index is 11.0. The van der Waals surface area contributed by atoms with E-state index in [0.29, 0.717) is 24.4 Å². The van der Waals surface area contributed by atoms with Crippen molar-refractivity contribution in [1.29, 1.82) is 0 Å². The Bertz CT molecular complexity index is 511. The summed E-state index contributed by atoms with van der Waals surface area (Å²) in [5, 5.41) is 4.18. The van der Waals surface area contributed by atoms with Crippen LogP contribution in [0.25, 0.3) is 0 Å². The Hall–Kier alpha value is -1.06. The van der Waals surface area contributed by atoms with Crippen molar-refractivity contribution in [2.45, 2.75) is 57.8 Å². The molecule has 1 unspecified atom stereocenters. The Kier molecular flexibility index (Phi) is 7.57. The second-order valence-electron chi connectivity index (χ2n) is 7.06. The highest BCUT2D eigenvalue weighted by molar-refractivity contribution is 6.30. The summed E-state index contributed by atoms with van der Waals surface area (Å²) in [6.07, 6.45) is 6.75. The molecule has 1 N–H and O–H groups in total. The third-order valence-electron chi connectivity index (χ3n) is 5.15. The van der Waals surface area contributed by atoms with E-state index < -0.39 is 0 Å². The topological polar surface area (TPSA) is 38.3 Å². The molecule has 0 aliphatic heterocycles. The normalized spacial score (nSPS) is 17.1. The molecule has 0 heterocycles. The molecule has 0 saturated heterocycles. The molecule has 3 nitrogen and oxygen atoms in total. The zero-order valence-electron chi connectivity index (χ0n) is 14.9. The molecule has 24 heavy (non-hydrogen) atoms. The lowest BCUT2D eigenvalue weighted by Gasteiger charge is -2.44. The van der Waals surface area contributed by atoms with E-state index in [4.69, 9.17) is 16.3 Å². The first-order chi connectivity index (χ1) is 11.6. The van der Waals surface area contributed by atoms with Crippen LogP contribution in [0.15, 0.2) is 24.3 Å². The van der Waals surface area contributed by atoms with Crippen molar-refractivity contribution in [2.75, 3.05) is 19.7 Å². The molecular formula is C20H30ClNO2. The molecule has 0 aromatic heterocycles. The van der Waals surface area contributed by atoms with Crippen molar-refractivity contribution in [3.63, 3.8) is 0 Å². The first-order valence-electron chi connectivity index (χ1n) is 9.18. The third kappa shape index (κ3) is 5.49. The number of carbonyl (C=O) groups is 1. The summed E-state index contributed by atoms with van der Waals surface area (Å²) in [6.45, 7) is 6.33. The Balaban J connectivity index is 1.70. The summed E-state index contributed by atoms with van der Waals surface area (Å²) in [7, 11) is 0. The van der Waals surface area contributed by atoms with Crippen molar-refractivity contribution in [2.24, 2.45) is 5.92 Å². The fourth-order valence-corrected chi connectivity index (χ4v) is 3.73. The predicted molar refractivity (Wildman–Crippen MR) is 99.5 cm³/mol. The highest BCUT2D eigenvalue weighted by Gasteiger charge is 2.39. The third-order valence-corrected chi connectivity index (χ3v) is 5.40. The van der Waals surface area contributed by atoms with Crippen molar-refractivity contribution in [1.82, 2.24) is 5.32 Å². The van der Waals surface area contributed by atoms with Gasteiger partial charge in [-0.05, 0) is 61.3 Å². The van der Waals surface area contributed by atoms with Gasteiger partial charge in [0.15, 0.2) is 0 Å². The number of nitrogens with one attached hydrogen (secondary N) is 1. The molecule has 1 aromatic carbocycles. The van der Waals surface area contributed by atoms with Gasteiger partial charge in [-0.25, -0.2) is 0 Å². The summed E-state index contributed by atoms with van der Waals surface area (Å²) >= 11 is 6.03. The molecule has 1 fully saturated rings. The van der Waals surface area contributed by atoms with Gasteiger partial charge in [0, 0.05) is 18.0 Å². The van der Waals surface area contributed by atoms with Gasteiger partial charge in [-0.2, -0.15) is 0 Å². The Labute approximate surface area is 151 Å². The Morgan fingerprint density at radius 1 is 1.29 bits per heavy atom. The summed E-state index contributed by atoms with van der Waals surface area (Å²) in [4.78, 5) is 11.0. The van der Waals surface area contributed by atoms with Crippen molar-refractivity contribution in [3.05, 3.63) is 34.9 Å². The highest BCUT2D eigenvalue weighted by atomic mass is 35.5. The molecule has 1 aliphatic carbocycles. The number of esters is 1. The van der Waals surface area contributed by atoms with Crippen LogP contribution in [0.2, 0.25) is 5.02 Å².